The van der Waals surface area contributed by atoms with Gasteiger partial charge in [0.05, 0.1) is 11.5 Å². The molecule has 6 rings (SSSR count). The molecule has 15 heteroatoms. The van der Waals surface area contributed by atoms with E-state index in [4.69, 9.17) is 5.11 Å². The second-order valence-corrected chi connectivity index (χ2v) is 15.2. The quantitative estimate of drug-likeness (QED) is 0.102. The number of anilines is 3. The molecule has 10 nitrogen and oxygen atoms in total. The summed E-state index contributed by atoms with van der Waals surface area (Å²) in [5.41, 5.74) is 3.79. The number of alkyl halides is 3. The first kappa shape index (κ1) is 40.8. The van der Waals surface area contributed by atoms with Crippen molar-refractivity contribution in [3.63, 3.8) is 0 Å². The van der Waals surface area contributed by atoms with Crippen LogP contribution in [0.1, 0.15) is 50.7 Å². The van der Waals surface area contributed by atoms with Gasteiger partial charge in [0, 0.05) is 24.5 Å². The van der Waals surface area contributed by atoms with Crippen LogP contribution in [0.5, 0.6) is 5.75 Å². The maximum Gasteiger partial charge on any atom is 0.573 e. The average Bonchev–Trinajstić information content (AvgIpc) is 3.58. The fraction of sp³-hybridized carbons (Fsp3) is 0.250. The fourth-order valence-corrected chi connectivity index (χ4v) is 8.39. The number of unbranched alkanes of at least 4 members (excludes halogenated alkanes) is 2. The van der Waals surface area contributed by atoms with Gasteiger partial charge in [-0.15, -0.1) is 13.2 Å². The molecule has 290 valence electrons. The first-order chi connectivity index (χ1) is 26.4. The molecule has 5 aromatic rings. The summed E-state index contributed by atoms with van der Waals surface area (Å²) in [7, 11) is -4.08. The molecular weight excluding hydrogens is 754 g/mol. The van der Waals surface area contributed by atoms with Crippen molar-refractivity contribution in [1.82, 2.24) is 8.26 Å². The number of hydrogen-bond donors (Lipinski definition) is 3. The summed E-state index contributed by atoms with van der Waals surface area (Å²) in [5.74, 6) is -1.14. The molecule has 55 heavy (non-hydrogen) atoms. The van der Waals surface area contributed by atoms with Gasteiger partial charge in [0.25, 0.3) is 21.5 Å². The maximum absolute atomic E-state index is 13.1. The lowest BCUT2D eigenvalue weighted by Crippen LogP contribution is -2.33. The maximum atomic E-state index is 13.1. The molecular formula is C40H41F3N4O6S2. The Morgan fingerprint density at radius 3 is 1.85 bits per heavy atom. The Morgan fingerprint density at radius 1 is 0.745 bits per heavy atom. The highest BCUT2D eigenvalue weighted by Gasteiger charge is 2.44. The highest BCUT2D eigenvalue weighted by Crippen LogP contribution is 2.37. The largest absolute Gasteiger partial charge is 0.573 e. The van der Waals surface area contributed by atoms with Crippen molar-refractivity contribution in [2.24, 2.45) is 0 Å². The smallest absolute Gasteiger partial charge is 0.406 e. The van der Waals surface area contributed by atoms with Crippen molar-refractivity contribution in [3.8, 4) is 16.2 Å². The van der Waals surface area contributed by atoms with Crippen molar-refractivity contribution < 1.29 is 36.2 Å². The van der Waals surface area contributed by atoms with E-state index in [0.29, 0.717) is 24.1 Å². The zero-order valence-electron chi connectivity index (χ0n) is 30.2. The Labute approximate surface area is 321 Å². The number of aliphatic hydroxyl groups excluding tert-OH is 1. The van der Waals surface area contributed by atoms with Crippen molar-refractivity contribution in [2.75, 3.05) is 17.2 Å². The number of carbonyl (C=O) groups excluding carboxylic acids is 1. The minimum atomic E-state index is -4.83. The number of nitrogens with one attached hydrogen (secondary N) is 2. The number of benzene rings is 4. The number of hydrogen-bond acceptors (Lipinski definition) is 9. The molecule has 0 unspecified atom stereocenters. The highest BCUT2D eigenvalue weighted by molar-refractivity contribution is 7.99. The summed E-state index contributed by atoms with van der Waals surface area (Å²) < 4.78 is 69.6. The highest BCUT2D eigenvalue weighted by atomic mass is 32.2. The molecule has 1 aliphatic rings. The first-order valence-electron chi connectivity index (χ1n) is 17.6. The van der Waals surface area contributed by atoms with Crippen LogP contribution in [0.3, 0.4) is 0 Å². The van der Waals surface area contributed by atoms with Gasteiger partial charge in [-0.3, -0.25) is 13.5 Å². The van der Waals surface area contributed by atoms with Crippen LogP contribution >= 0.6 is 11.5 Å². The van der Waals surface area contributed by atoms with E-state index >= 15 is 0 Å². The summed E-state index contributed by atoms with van der Waals surface area (Å²) in [6.07, 6.45) is -1.59. The molecule has 2 heterocycles. The predicted octanol–water partition coefficient (Wildman–Crippen LogP) is 8.95. The molecule has 0 spiro atoms. The Hall–Kier alpha value is -5.38. The first-order valence-corrected chi connectivity index (χ1v) is 19.8. The van der Waals surface area contributed by atoms with Crippen LogP contribution in [0.25, 0.3) is 15.3 Å². The number of nitrogens with zero attached hydrogens (tertiary/aromatic N) is 2. The van der Waals surface area contributed by atoms with Gasteiger partial charge >= 0.3 is 6.36 Å². The SMILES string of the molecule is CCCCN1C(=O)C(Nc2ccc(OC(F)(F)F)cc2)=C(c2ccccc2)S1(=O)=O.CCCCn1sc(-c2ccccc2)c(Nc2ccc(CO)cc2)c1=O. The number of halogens is 3. The molecule has 0 aliphatic carbocycles. The summed E-state index contributed by atoms with van der Waals surface area (Å²) in [6.45, 7) is 4.79. The number of amides is 1. The zero-order chi connectivity index (χ0) is 39.6. The van der Waals surface area contributed by atoms with Gasteiger partial charge in [-0.05, 0) is 65.9 Å². The molecule has 0 saturated carbocycles. The normalized spacial score (nSPS) is 13.7. The van der Waals surface area contributed by atoms with E-state index in [1.54, 1.807) is 30.3 Å². The van der Waals surface area contributed by atoms with Crippen molar-refractivity contribution >= 4 is 49.4 Å². The van der Waals surface area contributed by atoms with E-state index in [1.807, 2.05) is 65.5 Å². The van der Waals surface area contributed by atoms with Crippen molar-refractivity contribution in [1.29, 1.82) is 0 Å². The molecule has 0 radical (unpaired) electrons. The average molecular weight is 795 g/mol. The number of ether oxygens (including phenoxy) is 1. The van der Waals surface area contributed by atoms with Crippen LogP contribution in [0.2, 0.25) is 0 Å². The van der Waals surface area contributed by atoms with Gasteiger partial charge in [0.1, 0.15) is 22.0 Å². The Kier molecular flexibility index (Phi) is 13.6. The lowest BCUT2D eigenvalue weighted by atomic mass is 10.1. The number of aryl methyl sites for hydroxylation is 1. The van der Waals surface area contributed by atoms with E-state index in [2.05, 4.69) is 22.3 Å². The van der Waals surface area contributed by atoms with Crippen molar-refractivity contribution in [3.05, 3.63) is 136 Å². The van der Waals surface area contributed by atoms with Gasteiger partial charge in [0.15, 0.2) is 0 Å². The zero-order valence-corrected chi connectivity index (χ0v) is 31.8. The third-order valence-electron chi connectivity index (χ3n) is 8.35. The molecule has 1 aliphatic heterocycles. The molecule has 1 aromatic heterocycles. The van der Waals surface area contributed by atoms with Crippen LogP contribution in [0, 0.1) is 0 Å². The van der Waals surface area contributed by atoms with Gasteiger partial charge in [-0.2, -0.15) is 0 Å². The van der Waals surface area contributed by atoms with Gasteiger partial charge in [-0.25, -0.2) is 12.7 Å². The third-order valence-corrected chi connectivity index (χ3v) is 11.4. The summed E-state index contributed by atoms with van der Waals surface area (Å²) in [6, 6.07) is 30.3. The van der Waals surface area contributed by atoms with Crippen LogP contribution in [0.15, 0.2) is 120 Å². The predicted molar refractivity (Wildman–Crippen MR) is 210 cm³/mol. The Morgan fingerprint density at radius 2 is 1.29 bits per heavy atom. The van der Waals surface area contributed by atoms with E-state index in [9.17, 15) is 31.2 Å². The lowest BCUT2D eigenvalue weighted by Gasteiger charge is -2.16. The van der Waals surface area contributed by atoms with Gasteiger partial charge < -0.3 is 20.5 Å². The third kappa shape index (κ3) is 10.2. The standard InChI is InChI=1S/C20H19F3N2O4S.C20H22N2O2S/c1-2-3-13-25-19(26)17(18(30(25,27)28)14-7-5-4-6-8-14)24-15-9-11-16(12-10-15)29-20(21,22)23;1-2-3-13-22-20(24)18(19(25-22)16-7-5-4-6-8-16)21-17-11-9-15(14-23)10-12-17/h4-12,24H,2-3,13H2,1H3;4-12,21,23H,2-3,13-14H2,1H3. The second-order valence-electron chi connectivity index (χ2n) is 12.4. The number of aliphatic hydroxyl groups is 1. The van der Waals surface area contributed by atoms with E-state index in [0.717, 1.165) is 57.5 Å². The van der Waals surface area contributed by atoms with Crippen LogP contribution in [-0.2, 0) is 28.0 Å². The van der Waals surface area contributed by atoms with Gasteiger partial charge in [0.2, 0.25) is 0 Å². The lowest BCUT2D eigenvalue weighted by molar-refractivity contribution is -0.274. The summed E-state index contributed by atoms with van der Waals surface area (Å²) in [4.78, 5) is 26.6. The van der Waals surface area contributed by atoms with E-state index in [-0.39, 0.29) is 35.0 Å². The van der Waals surface area contributed by atoms with E-state index < -0.39 is 28.0 Å². The number of aromatic nitrogens is 1. The number of sulfonamides is 1. The Bertz CT molecular complexity index is 2240. The summed E-state index contributed by atoms with van der Waals surface area (Å²) >= 11 is 1.51. The molecule has 0 fully saturated rings. The van der Waals surface area contributed by atoms with Crippen LogP contribution in [-0.4, -0.2) is 40.6 Å². The van der Waals surface area contributed by atoms with Crippen LogP contribution in [0.4, 0.5) is 30.2 Å². The Balaban J connectivity index is 0.000000214. The van der Waals surface area contributed by atoms with Crippen molar-refractivity contribution in [2.45, 2.75) is 59.0 Å². The summed E-state index contributed by atoms with van der Waals surface area (Å²) in [5, 5.41) is 15.2. The minimum absolute atomic E-state index is 0.0117. The van der Waals surface area contributed by atoms with E-state index in [1.165, 1.54) is 23.7 Å². The monoisotopic (exact) mass is 794 g/mol. The molecule has 4 aromatic carbocycles. The fourth-order valence-electron chi connectivity index (χ4n) is 5.57. The minimum Gasteiger partial charge on any atom is -0.406 e. The molecule has 3 N–H and O–H groups in total. The molecule has 0 saturated heterocycles. The second kappa shape index (κ2) is 18.3. The van der Waals surface area contributed by atoms with Crippen LogP contribution < -0.4 is 20.9 Å². The number of carbonyl (C=O) groups is 1. The topological polar surface area (TPSA) is 130 Å². The number of rotatable bonds is 14. The molecule has 1 amide bonds. The molecule has 0 bridgehead atoms. The van der Waals surface area contributed by atoms with Gasteiger partial charge in [-0.1, -0.05) is 111 Å². The molecule has 0 atom stereocenters.